The van der Waals surface area contributed by atoms with Crippen LogP contribution in [0.3, 0.4) is 0 Å². The van der Waals surface area contributed by atoms with E-state index < -0.39 is 0 Å². The summed E-state index contributed by atoms with van der Waals surface area (Å²) >= 11 is 1.82. The molecule has 43 heavy (non-hydrogen) atoms. The molecule has 0 fully saturated rings. The summed E-state index contributed by atoms with van der Waals surface area (Å²) in [5, 5.41) is 16.5. The van der Waals surface area contributed by atoms with Crippen LogP contribution in [0.25, 0.3) is 80.0 Å². The van der Waals surface area contributed by atoms with Crippen LogP contribution in [-0.4, -0.2) is 9.13 Å². The lowest BCUT2D eigenvalue weighted by Crippen LogP contribution is -1.98. The molecular formula is C38H20N4S. The molecule has 0 aliphatic rings. The van der Waals surface area contributed by atoms with Crippen molar-refractivity contribution in [1.29, 1.82) is 5.26 Å². The van der Waals surface area contributed by atoms with Gasteiger partial charge in [-0.1, -0.05) is 54.6 Å². The maximum absolute atomic E-state index is 9.59. The lowest BCUT2D eigenvalue weighted by molar-refractivity contribution is 1.14. The number of nitrogens with zero attached hydrogens (tertiary/aromatic N) is 4. The molecule has 0 spiro atoms. The molecule has 9 rings (SSSR count). The van der Waals surface area contributed by atoms with E-state index in [-0.39, 0.29) is 0 Å². The predicted molar refractivity (Wildman–Crippen MR) is 179 cm³/mol. The van der Waals surface area contributed by atoms with E-state index >= 15 is 0 Å². The molecule has 3 aromatic heterocycles. The normalized spacial score (nSPS) is 11.7. The lowest BCUT2D eigenvalue weighted by Gasteiger charge is -2.13. The molecule has 6 aromatic carbocycles. The summed E-state index contributed by atoms with van der Waals surface area (Å²) in [5.74, 6) is 0. The number of para-hydroxylation sites is 1. The molecule has 5 heteroatoms. The van der Waals surface area contributed by atoms with E-state index in [1.54, 1.807) is 0 Å². The zero-order chi connectivity index (χ0) is 28.7. The minimum atomic E-state index is 0.637. The van der Waals surface area contributed by atoms with Gasteiger partial charge < -0.3 is 9.13 Å². The van der Waals surface area contributed by atoms with Crippen LogP contribution >= 0.6 is 11.3 Å². The largest absolute Gasteiger partial charge is 0.309 e. The molecular weight excluding hydrogens is 545 g/mol. The van der Waals surface area contributed by atoms with Crippen molar-refractivity contribution in [3.05, 3.63) is 138 Å². The van der Waals surface area contributed by atoms with Gasteiger partial charge in [0.15, 0.2) is 5.69 Å². The number of benzene rings is 6. The molecule has 0 saturated carbocycles. The van der Waals surface area contributed by atoms with Crippen LogP contribution in [0.4, 0.5) is 5.69 Å². The summed E-state index contributed by atoms with van der Waals surface area (Å²) in [5.41, 5.74) is 7.78. The Morgan fingerprint density at radius 3 is 2.16 bits per heavy atom. The second-order valence-electron chi connectivity index (χ2n) is 10.8. The fraction of sp³-hybridized carbons (Fsp3) is 0. The molecule has 4 nitrogen and oxygen atoms in total. The SMILES string of the molecule is [C-]#[N+]c1ccc2c(c1)c1ccc3sc4ccccc4c3c1n2-c1cccc(-n2c3ccccc3c3cc(C#N)ccc32)c1. The molecule has 9 aromatic rings. The average molecular weight is 565 g/mol. The molecule has 0 amide bonds. The Balaban J connectivity index is 1.40. The van der Waals surface area contributed by atoms with Crippen molar-refractivity contribution in [2.45, 2.75) is 0 Å². The van der Waals surface area contributed by atoms with E-state index in [1.165, 1.54) is 20.2 Å². The summed E-state index contributed by atoms with van der Waals surface area (Å²) in [6, 6.07) is 44.3. The van der Waals surface area contributed by atoms with Gasteiger partial charge in [0.1, 0.15) is 0 Å². The Kier molecular flexibility index (Phi) is 4.87. The van der Waals surface area contributed by atoms with E-state index in [0.717, 1.165) is 55.0 Å². The third-order valence-corrected chi connectivity index (χ3v) is 9.66. The molecule has 0 aliphatic carbocycles. The van der Waals surface area contributed by atoms with E-state index in [4.69, 9.17) is 6.57 Å². The van der Waals surface area contributed by atoms with Gasteiger partial charge in [-0.25, -0.2) is 4.85 Å². The quantitative estimate of drug-likeness (QED) is 0.192. The van der Waals surface area contributed by atoms with Gasteiger partial charge >= 0.3 is 0 Å². The smallest absolute Gasteiger partial charge is 0.188 e. The lowest BCUT2D eigenvalue weighted by atomic mass is 10.1. The topological polar surface area (TPSA) is 38.0 Å². The number of hydrogen-bond acceptors (Lipinski definition) is 2. The summed E-state index contributed by atoms with van der Waals surface area (Å²) in [6.45, 7) is 7.68. The fourth-order valence-electron chi connectivity index (χ4n) is 6.73. The van der Waals surface area contributed by atoms with Gasteiger partial charge in [-0.15, -0.1) is 11.3 Å². The number of hydrogen-bond donors (Lipinski definition) is 0. The van der Waals surface area contributed by atoms with Crippen LogP contribution < -0.4 is 0 Å². The van der Waals surface area contributed by atoms with Gasteiger partial charge in [0.2, 0.25) is 0 Å². The summed E-state index contributed by atoms with van der Waals surface area (Å²) < 4.78 is 7.16. The van der Waals surface area contributed by atoms with Gasteiger partial charge in [-0.05, 0) is 72.1 Å². The van der Waals surface area contributed by atoms with Crippen LogP contribution in [-0.2, 0) is 0 Å². The van der Waals surface area contributed by atoms with Crippen LogP contribution in [0.2, 0.25) is 0 Å². The number of nitriles is 1. The average Bonchev–Trinajstić information content (AvgIpc) is 3.71. The number of thiophene rings is 1. The monoisotopic (exact) mass is 564 g/mol. The first kappa shape index (κ1) is 23.8. The molecule has 0 aliphatic heterocycles. The zero-order valence-electron chi connectivity index (χ0n) is 22.7. The number of rotatable bonds is 2. The van der Waals surface area contributed by atoms with Gasteiger partial charge in [0.05, 0.1) is 40.3 Å². The maximum Gasteiger partial charge on any atom is 0.188 e. The van der Waals surface area contributed by atoms with Crippen molar-refractivity contribution in [2.24, 2.45) is 0 Å². The minimum Gasteiger partial charge on any atom is -0.309 e. The number of aromatic nitrogens is 2. The number of fused-ring (bicyclic) bond motifs is 10. The highest BCUT2D eigenvalue weighted by atomic mass is 32.1. The Morgan fingerprint density at radius 1 is 0.581 bits per heavy atom. The molecule has 0 saturated heterocycles. The molecule has 0 atom stereocenters. The molecule has 3 heterocycles. The third kappa shape index (κ3) is 3.29. The van der Waals surface area contributed by atoms with E-state index in [9.17, 15) is 5.26 Å². The standard InChI is InChI=1S/C38H20N4S/c1-40-24-14-17-34-31(20-24)28-15-18-36-37(29-10-3-5-12-35(29)43-36)38(28)42(34)26-8-6-7-25(21-26)41-32-11-4-2-9-27(32)30-19-23(22-39)13-16-33(30)41/h2-21H. The molecule has 0 unspecified atom stereocenters. The zero-order valence-corrected chi connectivity index (χ0v) is 23.6. The van der Waals surface area contributed by atoms with Crippen molar-refractivity contribution in [2.75, 3.05) is 0 Å². The molecule has 0 radical (unpaired) electrons. The first-order valence-electron chi connectivity index (χ1n) is 14.0. The van der Waals surface area contributed by atoms with Crippen molar-refractivity contribution in [3.63, 3.8) is 0 Å². The van der Waals surface area contributed by atoms with E-state index in [2.05, 4.69) is 105 Å². The van der Waals surface area contributed by atoms with Crippen LogP contribution in [0.5, 0.6) is 0 Å². The van der Waals surface area contributed by atoms with Gasteiger partial charge in [-0.2, -0.15) is 5.26 Å². The highest BCUT2D eigenvalue weighted by Crippen LogP contribution is 2.44. The van der Waals surface area contributed by atoms with Crippen LogP contribution in [0.15, 0.2) is 121 Å². The highest BCUT2D eigenvalue weighted by Gasteiger charge is 2.19. The Bertz CT molecular complexity index is 2710. The van der Waals surface area contributed by atoms with Crippen molar-refractivity contribution in [3.8, 4) is 17.4 Å². The van der Waals surface area contributed by atoms with Gasteiger partial charge in [0, 0.05) is 47.7 Å². The van der Waals surface area contributed by atoms with Crippen molar-refractivity contribution < 1.29 is 0 Å². The first-order chi connectivity index (χ1) is 21.2. The second-order valence-corrected chi connectivity index (χ2v) is 11.9. The molecule has 0 bridgehead atoms. The Labute approximate surface area is 250 Å². The third-order valence-electron chi connectivity index (χ3n) is 8.53. The van der Waals surface area contributed by atoms with Gasteiger partial charge in [-0.3, -0.25) is 0 Å². The Morgan fingerprint density at radius 2 is 1.30 bits per heavy atom. The molecule has 0 N–H and O–H groups in total. The van der Waals surface area contributed by atoms with Gasteiger partial charge in [0.25, 0.3) is 0 Å². The fourth-order valence-corrected chi connectivity index (χ4v) is 7.84. The minimum absolute atomic E-state index is 0.637. The second kappa shape index (κ2) is 8.81. The van der Waals surface area contributed by atoms with E-state index in [1.807, 2.05) is 47.7 Å². The summed E-state index contributed by atoms with van der Waals surface area (Å²) in [6.07, 6.45) is 0. The summed E-state index contributed by atoms with van der Waals surface area (Å²) in [4.78, 5) is 3.75. The van der Waals surface area contributed by atoms with Crippen molar-refractivity contribution >= 4 is 80.8 Å². The highest BCUT2D eigenvalue weighted by molar-refractivity contribution is 7.26. The summed E-state index contributed by atoms with van der Waals surface area (Å²) in [7, 11) is 0. The van der Waals surface area contributed by atoms with Crippen molar-refractivity contribution in [1.82, 2.24) is 9.13 Å². The van der Waals surface area contributed by atoms with Crippen LogP contribution in [0.1, 0.15) is 5.56 Å². The van der Waals surface area contributed by atoms with Crippen LogP contribution in [0, 0.1) is 17.9 Å². The maximum atomic E-state index is 9.59. The Hall–Kier alpha value is -5.88. The molecule has 198 valence electrons. The first-order valence-corrected chi connectivity index (χ1v) is 14.9. The van der Waals surface area contributed by atoms with E-state index in [0.29, 0.717) is 11.3 Å². The predicted octanol–water partition coefficient (Wildman–Crippen LogP) is 10.7.